The van der Waals surface area contributed by atoms with Gasteiger partial charge in [0, 0.05) is 18.6 Å². The molecule has 6 nitrogen and oxygen atoms in total. The van der Waals surface area contributed by atoms with Crippen LogP contribution in [0.2, 0.25) is 0 Å². The summed E-state index contributed by atoms with van der Waals surface area (Å²) >= 11 is 0. The number of carbonyl (C=O) groups is 1. The summed E-state index contributed by atoms with van der Waals surface area (Å²) in [6.07, 6.45) is 4.91. The molecule has 0 unspecified atom stereocenters. The summed E-state index contributed by atoms with van der Waals surface area (Å²) in [6, 6.07) is 0.718. The van der Waals surface area contributed by atoms with Gasteiger partial charge in [0.15, 0.2) is 5.82 Å². The first-order valence-electron chi connectivity index (χ1n) is 7.10. The molecule has 2 atom stereocenters. The molecule has 1 saturated heterocycles. The number of likely N-dealkylation sites (tertiary alicyclic amines) is 1. The third-order valence-electron chi connectivity index (χ3n) is 3.93. The number of urea groups is 1. The molecular weight excluding hydrogens is 242 g/mol. The normalized spacial score (nSPS) is 22.8. The third-order valence-corrected chi connectivity index (χ3v) is 3.93. The van der Waals surface area contributed by atoms with E-state index in [-0.39, 0.29) is 6.03 Å². The summed E-state index contributed by atoms with van der Waals surface area (Å²) < 4.78 is 1.94. The van der Waals surface area contributed by atoms with Crippen molar-refractivity contribution in [1.82, 2.24) is 25.0 Å². The van der Waals surface area contributed by atoms with Crippen molar-refractivity contribution in [2.75, 3.05) is 0 Å². The predicted octanol–water partition coefficient (Wildman–Crippen LogP) is 1.77. The molecule has 106 valence electrons. The summed E-state index contributed by atoms with van der Waals surface area (Å²) in [5.41, 5.74) is 0. The quantitative estimate of drug-likeness (QED) is 0.902. The topological polar surface area (TPSA) is 63.1 Å². The van der Waals surface area contributed by atoms with Gasteiger partial charge in [0.1, 0.15) is 6.33 Å². The van der Waals surface area contributed by atoms with Crippen molar-refractivity contribution in [2.24, 2.45) is 0 Å². The number of hydrogen-bond acceptors (Lipinski definition) is 3. The van der Waals surface area contributed by atoms with Gasteiger partial charge in [-0.2, -0.15) is 0 Å². The van der Waals surface area contributed by atoms with Crippen LogP contribution in [0.25, 0.3) is 0 Å². The van der Waals surface area contributed by atoms with Crippen molar-refractivity contribution in [3.8, 4) is 0 Å². The van der Waals surface area contributed by atoms with Crippen LogP contribution in [0.1, 0.15) is 45.9 Å². The zero-order valence-corrected chi connectivity index (χ0v) is 12.0. The van der Waals surface area contributed by atoms with Gasteiger partial charge in [0.25, 0.3) is 0 Å². The second-order valence-corrected chi connectivity index (χ2v) is 5.09. The van der Waals surface area contributed by atoms with Crippen molar-refractivity contribution in [3.63, 3.8) is 0 Å². The minimum absolute atomic E-state index is 0.0162. The molecule has 1 aliphatic heterocycles. The number of aryl methyl sites for hydroxylation is 1. The standard InChI is InChI=1S/C13H23N5O/c1-4-11-7-6-10(3)18(11)13(19)14-8-12-16-15-9-17(12)5-2/h9-11H,4-8H2,1-3H3,(H,14,19)/t10-,11-/m0/s1. The van der Waals surface area contributed by atoms with E-state index in [1.165, 1.54) is 0 Å². The molecular formula is C13H23N5O. The molecule has 1 aromatic rings. The van der Waals surface area contributed by atoms with Crippen LogP contribution in [0, 0.1) is 0 Å². The molecule has 2 amide bonds. The van der Waals surface area contributed by atoms with Crippen LogP contribution in [-0.2, 0) is 13.1 Å². The van der Waals surface area contributed by atoms with E-state index in [0.717, 1.165) is 31.6 Å². The van der Waals surface area contributed by atoms with E-state index in [4.69, 9.17) is 0 Å². The predicted molar refractivity (Wildman–Crippen MR) is 72.5 cm³/mol. The highest BCUT2D eigenvalue weighted by atomic mass is 16.2. The molecule has 0 radical (unpaired) electrons. The maximum absolute atomic E-state index is 12.3. The number of nitrogens with zero attached hydrogens (tertiary/aromatic N) is 4. The molecule has 2 heterocycles. The average molecular weight is 265 g/mol. The molecule has 1 N–H and O–H groups in total. The van der Waals surface area contributed by atoms with Crippen molar-refractivity contribution in [2.45, 2.75) is 65.2 Å². The number of nitrogens with one attached hydrogen (secondary N) is 1. The lowest BCUT2D eigenvalue weighted by atomic mass is 10.2. The molecule has 1 aliphatic rings. The summed E-state index contributed by atoms with van der Waals surface area (Å²) in [4.78, 5) is 14.3. The Morgan fingerprint density at radius 2 is 2.26 bits per heavy atom. The zero-order chi connectivity index (χ0) is 13.8. The van der Waals surface area contributed by atoms with Crippen LogP contribution in [0.3, 0.4) is 0 Å². The fraction of sp³-hybridized carbons (Fsp3) is 0.769. The van der Waals surface area contributed by atoms with Gasteiger partial charge < -0.3 is 14.8 Å². The highest BCUT2D eigenvalue weighted by Crippen LogP contribution is 2.25. The lowest BCUT2D eigenvalue weighted by Crippen LogP contribution is -2.45. The van der Waals surface area contributed by atoms with Gasteiger partial charge in [0.2, 0.25) is 0 Å². The highest BCUT2D eigenvalue weighted by Gasteiger charge is 2.32. The lowest BCUT2D eigenvalue weighted by molar-refractivity contribution is 0.174. The van der Waals surface area contributed by atoms with Crippen LogP contribution >= 0.6 is 0 Å². The van der Waals surface area contributed by atoms with Gasteiger partial charge in [-0.3, -0.25) is 0 Å². The van der Waals surface area contributed by atoms with Crippen molar-refractivity contribution in [3.05, 3.63) is 12.2 Å². The maximum Gasteiger partial charge on any atom is 0.318 e. The van der Waals surface area contributed by atoms with E-state index in [9.17, 15) is 4.79 Å². The summed E-state index contributed by atoms with van der Waals surface area (Å²) in [5.74, 6) is 0.802. The molecule has 1 fully saturated rings. The van der Waals surface area contributed by atoms with Crippen LogP contribution in [0.15, 0.2) is 6.33 Å². The van der Waals surface area contributed by atoms with Gasteiger partial charge in [-0.25, -0.2) is 4.79 Å². The first kappa shape index (κ1) is 13.8. The number of amides is 2. The van der Waals surface area contributed by atoms with E-state index in [2.05, 4.69) is 29.4 Å². The molecule has 0 bridgehead atoms. The Balaban J connectivity index is 1.94. The lowest BCUT2D eigenvalue weighted by Gasteiger charge is -2.28. The first-order valence-corrected chi connectivity index (χ1v) is 7.10. The summed E-state index contributed by atoms with van der Waals surface area (Å²) in [5, 5.41) is 10.8. The third kappa shape index (κ3) is 2.88. The molecule has 6 heteroatoms. The van der Waals surface area contributed by atoms with E-state index < -0.39 is 0 Å². The first-order chi connectivity index (χ1) is 9.17. The Kier molecular flexibility index (Phi) is 4.39. The average Bonchev–Trinajstić information content (AvgIpc) is 3.01. The Morgan fingerprint density at radius 1 is 1.47 bits per heavy atom. The van der Waals surface area contributed by atoms with Crippen LogP contribution in [0.5, 0.6) is 0 Å². The van der Waals surface area contributed by atoms with Crippen LogP contribution in [-0.4, -0.2) is 37.8 Å². The van der Waals surface area contributed by atoms with Crippen LogP contribution in [0.4, 0.5) is 4.79 Å². The van der Waals surface area contributed by atoms with Gasteiger partial charge in [-0.05, 0) is 33.1 Å². The van der Waals surface area contributed by atoms with E-state index in [0.29, 0.717) is 18.6 Å². The number of hydrogen-bond donors (Lipinski definition) is 1. The minimum atomic E-state index is 0.0162. The number of rotatable bonds is 4. The number of aromatic nitrogens is 3. The number of carbonyl (C=O) groups excluding carboxylic acids is 1. The molecule has 1 aromatic heterocycles. The molecule has 0 spiro atoms. The van der Waals surface area contributed by atoms with Crippen molar-refractivity contribution in [1.29, 1.82) is 0 Å². The van der Waals surface area contributed by atoms with E-state index >= 15 is 0 Å². The smallest absolute Gasteiger partial charge is 0.318 e. The van der Waals surface area contributed by atoms with Crippen molar-refractivity contribution < 1.29 is 4.79 Å². The van der Waals surface area contributed by atoms with Gasteiger partial charge in [-0.15, -0.1) is 10.2 Å². The Labute approximate surface area is 114 Å². The minimum Gasteiger partial charge on any atom is -0.331 e. The monoisotopic (exact) mass is 265 g/mol. The SMILES string of the molecule is CC[C@H]1CC[C@H](C)N1C(=O)NCc1nncn1CC. The van der Waals surface area contributed by atoms with Gasteiger partial charge in [-0.1, -0.05) is 6.92 Å². The molecule has 19 heavy (non-hydrogen) atoms. The highest BCUT2D eigenvalue weighted by molar-refractivity contribution is 5.75. The fourth-order valence-electron chi connectivity index (χ4n) is 2.76. The van der Waals surface area contributed by atoms with E-state index in [1.54, 1.807) is 6.33 Å². The van der Waals surface area contributed by atoms with Crippen molar-refractivity contribution >= 4 is 6.03 Å². The second kappa shape index (κ2) is 6.04. The Morgan fingerprint density at radius 3 is 2.95 bits per heavy atom. The summed E-state index contributed by atoms with van der Waals surface area (Å²) in [7, 11) is 0. The Bertz CT molecular complexity index is 430. The molecule has 2 rings (SSSR count). The molecule has 0 aliphatic carbocycles. The van der Waals surface area contributed by atoms with Gasteiger partial charge in [0.05, 0.1) is 6.54 Å². The van der Waals surface area contributed by atoms with Gasteiger partial charge >= 0.3 is 6.03 Å². The van der Waals surface area contributed by atoms with E-state index in [1.807, 2.05) is 16.4 Å². The summed E-state index contributed by atoms with van der Waals surface area (Å²) in [6.45, 7) is 7.53. The Hall–Kier alpha value is -1.59. The second-order valence-electron chi connectivity index (χ2n) is 5.09. The largest absolute Gasteiger partial charge is 0.331 e. The molecule has 0 saturated carbocycles. The fourth-order valence-corrected chi connectivity index (χ4v) is 2.76. The zero-order valence-electron chi connectivity index (χ0n) is 12.0. The van der Waals surface area contributed by atoms with Crippen LogP contribution < -0.4 is 5.32 Å². The molecule has 0 aromatic carbocycles. The maximum atomic E-state index is 12.3.